The molecule has 9 rings (SSSR count). The van der Waals surface area contributed by atoms with Crippen LogP contribution in [-0.2, 0) is 14.4 Å². The molecule has 4 amide bonds. The molecule has 3 aromatic carbocycles. The highest BCUT2D eigenvalue weighted by Gasteiger charge is 2.64. The molecule has 0 spiro atoms. The van der Waals surface area contributed by atoms with Gasteiger partial charge >= 0.3 is 0 Å². The van der Waals surface area contributed by atoms with Crippen molar-refractivity contribution in [3.05, 3.63) is 87.2 Å². The van der Waals surface area contributed by atoms with Crippen molar-refractivity contribution in [3.63, 3.8) is 0 Å². The molecular formula is C49H57ClN10O6. The van der Waals surface area contributed by atoms with Crippen LogP contribution in [0.25, 0.3) is 10.9 Å². The van der Waals surface area contributed by atoms with Crippen LogP contribution in [0.2, 0.25) is 5.02 Å². The summed E-state index contributed by atoms with van der Waals surface area (Å²) in [5.74, 6) is 0.257. The fourth-order valence-electron chi connectivity index (χ4n) is 11.1. The number of piperazine rings is 1. The van der Waals surface area contributed by atoms with Gasteiger partial charge in [-0.05, 0) is 92.7 Å². The summed E-state index contributed by atoms with van der Waals surface area (Å²) in [4.78, 5) is 73.5. The van der Waals surface area contributed by atoms with E-state index in [1.165, 1.54) is 0 Å². The number of likely N-dealkylation sites (tertiary alicyclic amines) is 1. The Balaban J connectivity index is 0.686. The Morgan fingerprint density at radius 3 is 2.24 bits per heavy atom. The maximum absolute atomic E-state index is 13.5. The number of carbonyl (C=O) groups excluding carboxylic acids is 4. The van der Waals surface area contributed by atoms with Gasteiger partial charge in [-0.25, -0.2) is 0 Å². The van der Waals surface area contributed by atoms with Gasteiger partial charge in [0.1, 0.15) is 29.5 Å². The molecule has 4 saturated heterocycles. The Kier molecular flexibility index (Phi) is 12.3. The summed E-state index contributed by atoms with van der Waals surface area (Å²) < 4.78 is 7.46. The predicted molar refractivity (Wildman–Crippen MR) is 249 cm³/mol. The van der Waals surface area contributed by atoms with Crippen LogP contribution in [0, 0.1) is 34.0 Å². The molecule has 1 unspecified atom stereocenters. The third-order valence-corrected chi connectivity index (χ3v) is 15.2. The number of amides is 4. The van der Waals surface area contributed by atoms with Crippen LogP contribution in [0.4, 0.5) is 11.4 Å². The first kappa shape index (κ1) is 45.1. The minimum atomic E-state index is -0.885. The largest absolute Gasteiger partial charge is 0.489 e. The summed E-state index contributed by atoms with van der Waals surface area (Å²) in [7, 11) is 0. The zero-order chi connectivity index (χ0) is 46.5. The van der Waals surface area contributed by atoms with Gasteiger partial charge in [-0.2, -0.15) is 9.94 Å². The number of imide groups is 1. The number of hydrogen-bond acceptors (Lipinski definition) is 12. The molecule has 5 aliphatic rings. The Bertz CT molecular complexity index is 2630. The highest BCUT2D eigenvalue weighted by Crippen LogP contribution is 2.55. The number of halogens is 1. The summed E-state index contributed by atoms with van der Waals surface area (Å²) in [6.07, 6.45) is 3.27. The molecule has 4 aromatic rings. The third-order valence-electron chi connectivity index (χ3n) is 14.8. The van der Waals surface area contributed by atoms with E-state index >= 15 is 0 Å². The van der Waals surface area contributed by atoms with E-state index in [-0.39, 0.29) is 59.5 Å². The second-order valence-electron chi connectivity index (χ2n) is 19.8. The van der Waals surface area contributed by atoms with Crippen LogP contribution in [0.1, 0.15) is 81.8 Å². The van der Waals surface area contributed by atoms with E-state index in [1.807, 2.05) is 35.2 Å². The molecule has 5 fully saturated rings. The first-order valence-electron chi connectivity index (χ1n) is 23.1. The number of fused-ring (bicyclic) bond motifs is 1. The standard InChI is InChI=1S/C49H57ClN10O6/c1-48(2)46(49(3,4)47(48)66-36-11-7-32(27-51)38(50)26-36)53-42(62)31-5-8-34(9-6-31)57-23-21-56(22-24-57)18-15-30-16-19-58(20-17-30)44(64)33-28-59(29-33)35-10-12-39-37(25-35)45(65)60(55-54-39)40-13-14-41(61)52-43(40)63/h5-12,25-26,30,33,40,46-47H,13-24,28-29H2,1-4H3,(H,53,62)(H,52,61,63). The molecule has 346 valence electrons. The topological polar surface area (TPSA) is 186 Å². The number of rotatable bonds is 11. The molecule has 16 nitrogen and oxygen atoms in total. The second-order valence-corrected chi connectivity index (χ2v) is 20.3. The number of benzene rings is 3. The van der Waals surface area contributed by atoms with Crippen molar-refractivity contribution >= 4 is 57.5 Å². The summed E-state index contributed by atoms with van der Waals surface area (Å²) >= 11 is 6.26. The molecule has 1 atom stereocenters. The zero-order valence-electron chi connectivity index (χ0n) is 38.0. The quantitative estimate of drug-likeness (QED) is 0.196. The van der Waals surface area contributed by atoms with Gasteiger partial charge in [-0.3, -0.25) is 34.2 Å². The summed E-state index contributed by atoms with van der Waals surface area (Å²) in [6.45, 7) is 15.9. The van der Waals surface area contributed by atoms with Crippen LogP contribution in [-0.4, -0.2) is 119 Å². The van der Waals surface area contributed by atoms with Crippen molar-refractivity contribution in [2.75, 3.05) is 68.7 Å². The maximum Gasteiger partial charge on any atom is 0.278 e. The van der Waals surface area contributed by atoms with Gasteiger partial charge in [0.25, 0.3) is 17.4 Å². The highest BCUT2D eigenvalue weighted by molar-refractivity contribution is 6.31. The molecule has 17 heteroatoms. The lowest BCUT2D eigenvalue weighted by molar-refractivity contribution is -0.164. The minimum Gasteiger partial charge on any atom is -0.489 e. The minimum absolute atomic E-state index is 0.0951. The van der Waals surface area contributed by atoms with Crippen molar-refractivity contribution in [2.24, 2.45) is 22.7 Å². The summed E-state index contributed by atoms with van der Waals surface area (Å²) in [6, 6.07) is 19.4. The van der Waals surface area contributed by atoms with Crippen LogP contribution in [0.3, 0.4) is 0 Å². The summed E-state index contributed by atoms with van der Waals surface area (Å²) in [5, 5.41) is 23.6. The van der Waals surface area contributed by atoms with Crippen molar-refractivity contribution < 1.29 is 23.9 Å². The Labute approximate surface area is 389 Å². The lowest BCUT2D eigenvalue weighted by Crippen LogP contribution is -2.74. The first-order chi connectivity index (χ1) is 31.6. The van der Waals surface area contributed by atoms with Gasteiger partial charge < -0.3 is 24.8 Å². The van der Waals surface area contributed by atoms with Crippen molar-refractivity contribution in [3.8, 4) is 11.8 Å². The fourth-order valence-corrected chi connectivity index (χ4v) is 11.3. The number of piperidine rings is 2. The smallest absolute Gasteiger partial charge is 0.278 e. The van der Waals surface area contributed by atoms with Crippen LogP contribution >= 0.6 is 11.6 Å². The molecule has 5 heterocycles. The number of nitriles is 1. The average Bonchev–Trinajstić information content (AvgIpc) is 3.29. The Hall–Kier alpha value is -6.05. The second kappa shape index (κ2) is 18.0. The lowest BCUT2D eigenvalue weighted by atomic mass is 9.49. The van der Waals surface area contributed by atoms with Crippen LogP contribution < -0.4 is 30.7 Å². The van der Waals surface area contributed by atoms with Gasteiger partial charge in [-0.1, -0.05) is 44.5 Å². The van der Waals surface area contributed by atoms with E-state index < -0.39 is 17.5 Å². The van der Waals surface area contributed by atoms with Crippen LogP contribution in [0.5, 0.6) is 5.75 Å². The normalized spacial score (nSPS) is 23.4. The average molecular weight is 918 g/mol. The maximum atomic E-state index is 13.5. The number of anilines is 2. The molecule has 4 aliphatic heterocycles. The number of nitrogens with zero attached hydrogens (tertiary/aromatic N) is 8. The molecule has 1 aromatic heterocycles. The molecule has 2 N–H and O–H groups in total. The van der Waals surface area contributed by atoms with E-state index in [9.17, 15) is 29.2 Å². The summed E-state index contributed by atoms with van der Waals surface area (Å²) in [5.41, 5.74) is 2.24. The fraction of sp³-hybridized carbons (Fsp3) is 0.510. The molecule has 1 saturated carbocycles. The zero-order valence-corrected chi connectivity index (χ0v) is 38.7. The van der Waals surface area contributed by atoms with Gasteiger partial charge in [0.05, 0.1) is 21.9 Å². The first-order valence-corrected chi connectivity index (χ1v) is 23.5. The Morgan fingerprint density at radius 1 is 0.879 bits per heavy atom. The number of hydrogen-bond donors (Lipinski definition) is 2. The number of nitrogens with one attached hydrogen (secondary N) is 2. The monoisotopic (exact) mass is 916 g/mol. The molecule has 66 heavy (non-hydrogen) atoms. The van der Waals surface area contributed by atoms with Crippen molar-refractivity contribution in [1.82, 2.24) is 35.4 Å². The molecule has 0 bridgehead atoms. The van der Waals surface area contributed by atoms with Gasteiger partial charge in [0.15, 0.2) is 0 Å². The molecule has 1 aliphatic carbocycles. The Morgan fingerprint density at radius 2 is 1.58 bits per heavy atom. The number of ether oxygens (including phenoxy) is 1. The van der Waals surface area contributed by atoms with E-state index in [1.54, 1.807) is 30.3 Å². The third kappa shape index (κ3) is 8.70. The van der Waals surface area contributed by atoms with E-state index in [0.29, 0.717) is 51.8 Å². The predicted octanol–water partition coefficient (Wildman–Crippen LogP) is 4.79. The molecule has 0 radical (unpaired) electrons. The van der Waals surface area contributed by atoms with E-state index in [2.05, 4.69) is 69.4 Å². The number of aromatic nitrogens is 3. The molecular weight excluding hydrogens is 860 g/mol. The van der Waals surface area contributed by atoms with Crippen molar-refractivity contribution in [1.29, 1.82) is 5.26 Å². The highest BCUT2D eigenvalue weighted by atomic mass is 35.5. The number of carbonyl (C=O) groups is 4. The lowest BCUT2D eigenvalue weighted by Gasteiger charge is -2.63. The van der Waals surface area contributed by atoms with E-state index in [4.69, 9.17) is 16.3 Å². The van der Waals surface area contributed by atoms with Gasteiger partial charge in [-0.15, -0.1) is 5.10 Å². The van der Waals surface area contributed by atoms with Crippen LogP contribution in [0.15, 0.2) is 65.5 Å². The van der Waals surface area contributed by atoms with Crippen molar-refractivity contribution in [2.45, 2.75) is 78.0 Å². The van der Waals surface area contributed by atoms with Gasteiger partial charge in [0, 0.05) is 98.7 Å². The van der Waals surface area contributed by atoms with Gasteiger partial charge in [0.2, 0.25) is 11.8 Å². The SMILES string of the molecule is CC1(C)C(NC(=O)c2ccc(N3CCN(CCC4CCN(C(=O)C5CN(c6ccc7nnn(C8CCC(=O)NC8=O)c(=O)c7c6)C5)CC4)CC3)cc2)C(C)(C)C1Oc1ccc(C#N)c(Cl)c1. The van der Waals surface area contributed by atoms with E-state index in [0.717, 1.165) is 81.1 Å².